The molecule has 4 heteroatoms. The molecule has 1 aromatic rings. The van der Waals surface area contributed by atoms with E-state index in [-0.39, 0.29) is 6.04 Å². The molecule has 1 unspecified atom stereocenters. The van der Waals surface area contributed by atoms with Gasteiger partial charge in [-0.15, -0.1) is 0 Å². The third-order valence-corrected chi connectivity index (χ3v) is 2.66. The molecule has 0 aliphatic heterocycles. The molecule has 0 saturated heterocycles. The van der Waals surface area contributed by atoms with Crippen molar-refractivity contribution < 1.29 is 4.74 Å². The lowest BCUT2D eigenvalue weighted by Crippen LogP contribution is -2.25. The van der Waals surface area contributed by atoms with Gasteiger partial charge < -0.3 is 10.1 Å². The summed E-state index contributed by atoms with van der Waals surface area (Å²) in [5.74, 6) is 0.810. The van der Waals surface area contributed by atoms with Crippen LogP contribution in [0.2, 0.25) is 0 Å². The standard InChI is InChI=1S/C11H13BrN2O/c1-14-9(8-13)6-7-15-11-5-3-2-4-10(11)12/h2-5,9,14H,6-7H2,1H3. The van der Waals surface area contributed by atoms with E-state index in [4.69, 9.17) is 10.00 Å². The molecule has 1 rings (SSSR count). The Labute approximate surface area is 98.2 Å². The topological polar surface area (TPSA) is 45.0 Å². The first-order chi connectivity index (χ1) is 7.27. The number of hydrogen-bond donors (Lipinski definition) is 1. The van der Waals surface area contributed by atoms with Crippen LogP contribution in [0.15, 0.2) is 28.7 Å². The van der Waals surface area contributed by atoms with E-state index in [1.165, 1.54) is 0 Å². The fraction of sp³-hybridized carbons (Fsp3) is 0.364. The van der Waals surface area contributed by atoms with Gasteiger partial charge in [0.15, 0.2) is 0 Å². The fourth-order valence-electron chi connectivity index (χ4n) is 1.12. The van der Waals surface area contributed by atoms with Crippen molar-refractivity contribution in [1.29, 1.82) is 5.26 Å². The zero-order valence-electron chi connectivity index (χ0n) is 8.53. The number of para-hydroxylation sites is 1. The molecular weight excluding hydrogens is 256 g/mol. The van der Waals surface area contributed by atoms with E-state index >= 15 is 0 Å². The van der Waals surface area contributed by atoms with Gasteiger partial charge in [-0.05, 0) is 35.1 Å². The monoisotopic (exact) mass is 268 g/mol. The van der Waals surface area contributed by atoms with Gasteiger partial charge in [0.2, 0.25) is 0 Å². The number of ether oxygens (including phenoxy) is 1. The second-order valence-electron chi connectivity index (χ2n) is 3.04. The number of hydrogen-bond acceptors (Lipinski definition) is 3. The Balaban J connectivity index is 2.39. The Bertz CT molecular complexity index is 349. The molecule has 80 valence electrons. The Hall–Kier alpha value is -1.05. The van der Waals surface area contributed by atoms with Gasteiger partial charge in [-0.2, -0.15) is 5.26 Å². The van der Waals surface area contributed by atoms with Gasteiger partial charge >= 0.3 is 0 Å². The van der Waals surface area contributed by atoms with Gasteiger partial charge in [-0.25, -0.2) is 0 Å². The van der Waals surface area contributed by atoms with Gasteiger partial charge in [0.1, 0.15) is 5.75 Å². The van der Waals surface area contributed by atoms with Crippen LogP contribution in [0.1, 0.15) is 6.42 Å². The summed E-state index contributed by atoms with van der Waals surface area (Å²) in [5, 5.41) is 11.6. The van der Waals surface area contributed by atoms with Crippen LogP contribution >= 0.6 is 15.9 Å². The van der Waals surface area contributed by atoms with Crippen LogP contribution in [0.4, 0.5) is 0 Å². The highest BCUT2D eigenvalue weighted by Gasteiger charge is 2.04. The average molecular weight is 269 g/mol. The molecule has 1 N–H and O–H groups in total. The predicted octanol–water partition coefficient (Wildman–Crippen LogP) is 2.33. The molecule has 0 aliphatic carbocycles. The molecule has 1 atom stereocenters. The molecule has 0 bridgehead atoms. The molecule has 0 heterocycles. The molecule has 0 fully saturated rings. The van der Waals surface area contributed by atoms with E-state index in [9.17, 15) is 0 Å². The maximum atomic E-state index is 8.70. The van der Waals surface area contributed by atoms with Crippen molar-refractivity contribution in [3.05, 3.63) is 28.7 Å². The van der Waals surface area contributed by atoms with E-state index < -0.39 is 0 Å². The third-order valence-electron chi connectivity index (χ3n) is 2.01. The van der Waals surface area contributed by atoms with Crippen LogP contribution in [0, 0.1) is 11.3 Å². The second kappa shape index (κ2) is 6.44. The number of benzene rings is 1. The van der Waals surface area contributed by atoms with Crippen LogP contribution in [-0.2, 0) is 0 Å². The van der Waals surface area contributed by atoms with Gasteiger partial charge in [0.05, 0.1) is 23.2 Å². The molecule has 0 spiro atoms. The maximum Gasteiger partial charge on any atom is 0.133 e. The van der Waals surface area contributed by atoms with Crippen LogP contribution in [-0.4, -0.2) is 19.7 Å². The first-order valence-corrected chi connectivity index (χ1v) is 5.51. The lowest BCUT2D eigenvalue weighted by molar-refractivity contribution is 0.298. The Morgan fingerprint density at radius 2 is 2.27 bits per heavy atom. The Morgan fingerprint density at radius 1 is 1.53 bits per heavy atom. The summed E-state index contributed by atoms with van der Waals surface area (Å²) in [6.07, 6.45) is 0.675. The molecule has 0 radical (unpaired) electrons. The number of halogens is 1. The van der Waals surface area contributed by atoms with Crippen LogP contribution in [0.5, 0.6) is 5.75 Å². The highest BCUT2D eigenvalue weighted by molar-refractivity contribution is 9.10. The van der Waals surface area contributed by atoms with Crippen molar-refractivity contribution in [3.63, 3.8) is 0 Å². The second-order valence-corrected chi connectivity index (χ2v) is 3.89. The zero-order chi connectivity index (χ0) is 11.1. The highest BCUT2D eigenvalue weighted by Crippen LogP contribution is 2.23. The Morgan fingerprint density at radius 3 is 2.87 bits per heavy atom. The lowest BCUT2D eigenvalue weighted by atomic mass is 10.2. The smallest absolute Gasteiger partial charge is 0.133 e. The van der Waals surface area contributed by atoms with Crippen molar-refractivity contribution in [1.82, 2.24) is 5.32 Å². The van der Waals surface area contributed by atoms with Gasteiger partial charge in [0, 0.05) is 6.42 Å². The molecule has 0 aliphatic rings. The SMILES string of the molecule is CNC(C#N)CCOc1ccccc1Br. The summed E-state index contributed by atoms with van der Waals surface area (Å²) in [7, 11) is 1.77. The molecule has 0 aromatic heterocycles. The first-order valence-electron chi connectivity index (χ1n) is 4.72. The molecule has 0 saturated carbocycles. The van der Waals surface area contributed by atoms with Gasteiger partial charge in [0.25, 0.3) is 0 Å². The predicted molar refractivity (Wildman–Crippen MR) is 62.7 cm³/mol. The quantitative estimate of drug-likeness (QED) is 0.892. The molecular formula is C11H13BrN2O. The highest BCUT2D eigenvalue weighted by atomic mass is 79.9. The van der Waals surface area contributed by atoms with Crippen molar-refractivity contribution in [2.24, 2.45) is 0 Å². The van der Waals surface area contributed by atoms with E-state index in [1.54, 1.807) is 7.05 Å². The average Bonchev–Trinajstić information content (AvgIpc) is 2.27. The minimum Gasteiger partial charge on any atom is -0.492 e. The fourth-order valence-corrected chi connectivity index (χ4v) is 1.52. The summed E-state index contributed by atoms with van der Waals surface area (Å²) in [6.45, 7) is 0.529. The van der Waals surface area contributed by atoms with Crippen molar-refractivity contribution >= 4 is 15.9 Å². The summed E-state index contributed by atoms with van der Waals surface area (Å²) in [4.78, 5) is 0. The van der Waals surface area contributed by atoms with Crippen LogP contribution in [0.3, 0.4) is 0 Å². The van der Waals surface area contributed by atoms with E-state index in [0.29, 0.717) is 13.0 Å². The minimum absolute atomic E-state index is 0.146. The van der Waals surface area contributed by atoms with Crippen molar-refractivity contribution in [2.45, 2.75) is 12.5 Å². The van der Waals surface area contributed by atoms with E-state index in [2.05, 4.69) is 27.3 Å². The summed E-state index contributed by atoms with van der Waals surface area (Å²) >= 11 is 3.39. The molecule has 0 amide bonds. The Kier molecular flexibility index (Phi) is 5.16. The van der Waals surface area contributed by atoms with E-state index in [1.807, 2.05) is 24.3 Å². The lowest BCUT2D eigenvalue weighted by Gasteiger charge is -2.10. The summed E-state index contributed by atoms with van der Waals surface area (Å²) in [5.41, 5.74) is 0. The largest absolute Gasteiger partial charge is 0.492 e. The normalized spacial score (nSPS) is 11.8. The van der Waals surface area contributed by atoms with Crippen molar-refractivity contribution in [3.8, 4) is 11.8 Å². The number of nitriles is 1. The third kappa shape index (κ3) is 3.90. The first kappa shape index (κ1) is 12.0. The molecule has 3 nitrogen and oxygen atoms in total. The van der Waals surface area contributed by atoms with Crippen molar-refractivity contribution in [2.75, 3.05) is 13.7 Å². The summed E-state index contributed by atoms with van der Waals surface area (Å²) in [6, 6.07) is 9.67. The van der Waals surface area contributed by atoms with Crippen LogP contribution < -0.4 is 10.1 Å². The molecule has 1 aromatic carbocycles. The summed E-state index contributed by atoms with van der Waals surface area (Å²) < 4.78 is 6.47. The van der Waals surface area contributed by atoms with E-state index in [0.717, 1.165) is 10.2 Å². The minimum atomic E-state index is -0.146. The van der Waals surface area contributed by atoms with Gasteiger partial charge in [-0.1, -0.05) is 12.1 Å². The number of nitrogens with one attached hydrogen (secondary N) is 1. The zero-order valence-corrected chi connectivity index (χ0v) is 10.1. The maximum absolute atomic E-state index is 8.70. The van der Waals surface area contributed by atoms with Gasteiger partial charge in [-0.3, -0.25) is 0 Å². The number of rotatable bonds is 5. The number of nitrogens with zero attached hydrogens (tertiary/aromatic N) is 1. The van der Waals surface area contributed by atoms with Crippen LogP contribution in [0.25, 0.3) is 0 Å². The molecule has 15 heavy (non-hydrogen) atoms.